The normalized spacial score (nSPS) is 10.4. The smallest absolute Gasteiger partial charge is 0.145 e. The molecule has 0 N–H and O–H groups in total. The molecule has 0 radical (unpaired) electrons. The molecule has 0 amide bonds. The van der Waals surface area contributed by atoms with Crippen molar-refractivity contribution in [2.45, 2.75) is 5.75 Å². The average molecular weight is 175 g/mol. The van der Waals surface area contributed by atoms with Crippen LogP contribution in [-0.4, -0.2) is 13.4 Å². The first-order chi connectivity index (χ1) is 5.18. The first-order valence-corrected chi connectivity index (χ1v) is 4.27. The Bertz CT molecular complexity index is 299. The van der Waals surface area contributed by atoms with Crippen LogP contribution >= 0.6 is 0 Å². The highest BCUT2D eigenvalue weighted by atomic mass is 32.2. The van der Waals surface area contributed by atoms with Gasteiger partial charge < -0.3 is 0 Å². The first-order valence-electron chi connectivity index (χ1n) is 2.91. The van der Waals surface area contributed by atoms with Crippen LogP contribution in [0.5, 0.6) is 0 Å². The Kier molecular flexibility index (Phi) is 2.53. The molecule has 0 unspecified atom stereocenters. The molecular formula is C6H6FNO2S. The van der Waals surface area contributed by atoms with Crippen molar-refractivity contribution < 1.29 is 12.8 Å². The van der Waals surface area contributed by atoms with Crippen molar-refractivity contribution in [2.24, 2.45) is 0 Å². The monoisotopic (exact) mass is 175 g/mol. The zero-order valence-corrected chi connectivity index (χ0v) is 6.42. The summed E-state index contributed by atoms with van der Waals surface area (Å²) in [5.41, 5.74) is 0.363. The number of hydrogen-bond donors (Lipinski definition) is 1. The third kappa shape index (κ3) is 2.63. The molecular weight excluding hydrogens is 169 g/mol. The second-order valence-electron chi connectivity index (χ2n) is 1.96. The summed E-state index contributed by atoms with van der Waals surface area (Å²) < 4.78 is 32.5. The Hall–Kier alpha value is -0.970. The Balaban J connectivity index is 2.82. The maximum atomic E-state index is 12.2. The van der Waals surface area contributed by atoms with Crippen LogP contribution in [0.4, 0.5) is 4.39 Å². The Morgan fingerprint density at radius 2 is 2.18 bits per heavy atom. The molecule has 0 aliphatic carbocycles. The molecule has 1 aromatic heterocycles. The van der Waals surface area contributed by atoms with E-state index < -0.39 is 16.5 Å². The lowest BCUT2D eigenvalue weighted by molar-refractivity contribution is 0.610. The lowest BCUT2D eigenvalue weighted by Gasteiger charge is -1.91. The maximum Gasteiger partial charge on any atom is 0.145 e. The standard InChI is InChI=1S/C6H6FNO2S/c7-5-1-2-6(8-3-5)4-11(9)10/h1-3,11H,4H2. The number of rotatable bonds is 2. The van der Waals surface area contributed by atoms with Crippen LogP contribution in [0.1, 0.15) is 5.69 Å². The van der Waals surface area contributed by atoms with E-state index in [1.54, 1.807) is 0 Å². The van der Waals surface area contributed by atoms with E-state index in [1.165, 1.54) is 12.1 Å². The minimum atomic E-state index is -2.47. The molecule has 0 saturated heterocycles. The van der Waals surface area contributed by atoms with E-state index in [-0.39, 0.29) is 5.75 Å². The molecule has 1 aromatic rings. The fourth-order valence-electron chi connectivity index (χ4n) is 0.632. The van der Waals surface area contributed by atoms with Gasteiger partial charge in [0.25, 0.3) is 0 Å². The van der Waals surface area contributed by atoms with Crippen molar-refractivity contribution in [3.8, 4) is 0 Å². The van der Waals surface area contributed by atoms with Crippen LogP contribution < -0.4 is 0 Å². The molecule has 11 heavy (non-hydrogen) atoms. The molecule has 0 aliphatic rings. The van der Waals surface area contributed by atoms with Gasteiger partial charge in [-0.15, -0.1) is 0 Å². The van der Waals surface area contributed by atoms with Crippen molar-refractivity contribution in [1.82, 2.24) is 4.98 Å². The predicted octanol–water partition coefficient (Wildman–Crippen LogP) is 0.332. The number of thiol groups is 1. The lowest BCUT2D eigenvalue weighted by atomic mass is 10.4. The quantitative estimate of drug-likeness (QED) is 0.659. The number of halogens is 1. The Labute approximate surface area is 64.8 Å². The molecule has 3 nitrogen and oxygen atoms in total. The number of hydrogen-bond acceptors (Lipinski definition) is 3. The van der Waals surface area contributed by atoms with Gasteiger partial charge in [-0.2, -0.15) is 0 Å². The second kappa shape index (κ2) is 3.43. The van der Waals surface area contributed by atoms with Crippen molar-refractivity contribution in [3.63, 3.8) is 0 Å². The van der Waals surface area contributed by atoms with Crippen LogP contribution in [0, 0.1) is 5.82 Å². The van der Waals surface area contributed by atoms with Crippen molar-refractivity contribution in [1.29, 1.82) is 0 Å². The minimum Gasteiger partial charge on any atom is -0.257 e. The van der Waals surface area contributed by atoms with Gasteiger partial charge in [0.1, 0.15) is 16.5 Å². The van der Waals surface area contributed by atoms with Gasteiger partial charge in [-0.25, -0.2) is 12.8 Å². The van der Waals surface area contributed by atoms with Gasteiger partial charge >= 0.3 is 0 Å². The van der Waals surface area contributed by atoms with Crippen LogP contribution in [0.25, 0.3) is 0 Å². The highest BCUT2D eigenvalue weighted by Crippen LogP contribution is 1.98. The van der Waals surface area contributed by atoms with Gasteiger partial charge in [-0.05, 0) is 12.1 Å². The summed E-state index contributed by atoms with van der Waals surface area (Å²) in [4.78, 5) is 3.56. The van der Waals surface area contributed by atoms with Crippen LogP contribution in [-0.2, 0) is 16.5 Å². The molecule has 5 heteroatoms. The molecule has 0 aromatic carbocycles. The Morgan fingerprint density at radius 3 is 2.64 bits per heavy atom. The third-order valence-electron chi connectivity index (χ3n) is 1.08. The topological polar surface area (TPSA) is 47.0 Å². The van der Waals surface area contributed by atoms with Gasteiger partial charge in [0.15, 0.2) is 0 Å². The molecule has 0 aliphatic heterocycles. The van der Waals surface area contributed by atoms with E-state index in [0.29, 0.717) is 5.69 Å². The molecule has 0 atom stereocenters. The molecule has 0 fully saturated rings. The van der Waals surface area contributed by atoms with Gasteiger partial charge in [-0.1, -0.05) is 0 Å². The Morgan fingerprint density at radius 1 is 1.45 bits per heavy atom. The summed E-state index contributed by atoms with van der Waals surface area (Å²) in [5.74, 6) is -0.592. The van der Waals surface area contributed by atoms with Gasteiger partial charge in [0, 0.05) is 0 Å². The van der Waals surface area contributed by atoms with Crippen molar-refractivity contribution in [2.75, 3.05) is 0 Å². The summed E-state index contributed by atoms with van der Waals surface area (Å²) in [6, 6.07) is 2.53. The van der Waals surface area contributed by atoms with E-state index in [4.69, 9.17) is 0 Å². The number of nitrogens with zero attached hydrogens (tertiary/aromatic N) is 1. The fourth-order valence-corrected chi connectivity index (χ4v) is 1.08. The highest BCUT2D eigenvalue weighted by molar-refractivity contribution is 7.71. The minimum absolute atomic E-state index is 0.129. The fraction of sp³-hybridized carbons (Fsp3) is 0.167. The van der Waals surface area contributed by atoms with Gasteiger partial charge in [-0.3, -0.25) is 4.98 Å². The van der Waals surface area contributed by atoms with Crippen LogP contribution in [0.3, 0.4) is 0 Å². The van der Waals surface area contributed by atoms with E-state index >= 15 is 0 Å². The van der Waals surface area contributed by atoms with Gasteiger partial charge in [0.05, 0.1) is 17.6 Å². The summed E-state index contributed by atoms with van der Waals surface area (Å²) in [6.07, 6.45) is 0.994. The highest BCUT2D eigenvalue weighted by Gasteiger charge is 1.95. The molecule has 0 bridgehead atoms. The molecule has 0 saturated carbocycles. The van der Waals surface area contributed by atoms with Crippen LogP contribution in [0.2, 0.25) is 0 Å². The zero-order valence-electron chi connectivity index (χ0n) is 5.53. The summed E-state index contributed by atoms with van der Waals surface area (Å²) in [7, 11) is -2.47. The molecule has 60 valence electrons. The first kappa shape index (κ1) is 8.13. The summed E-state index contributed by atoms with van der Waals surface area (Å²) >= 11 is 0. The van der Waals surface area contributed by atoms with E-state index in [2.05, 4.69) is 4.98 Å². The van der Waals surface area contributed by atoms with E-state index in [0.717, 1.165) is 6.20 Å². The maximum absolute atomic E-state index is 12.2. The van der Waals surface area contributed by atoms with Crippen LogP contribution in [0.15, 0.2) is 18.3 Å². The summed E-state index contributed by atoms with van der Waals surface area (Å²) in [6.45, 7) is 0. The lowest BCUT2D eigenvalue weighted by Crippen LogP contribution is -1.90. The van der Waals surface area contributed by atoms with E-state index in [1.807, 2.05) is 0 Å². The predicted molar refractivity (Wildman–Crippen MR) is 38.2 cm³/mol. The zero-order chi connectivity index (χ0) is 8.27. The number of pyridine rings is 1. The van der Waals surface area contributed by atoms with Crippen molar-refractivity contribution in [3.05, 3.63) is 29.8 Å². The van der Waals surface area contributed by atoms with E-state index in [9.17, 15) is 12.8 Å². The second-order valence-corrected chi connectivity index (χ2v) is 2.94. The molecule has 1 heterocycles. The SMILES string of the molecule is O=[SH](=O)Cc1ccc(F)cn1. The molecule has 0 spiro atoms. The van der Waals surface area contributed by atoms with Crippen molar-refractivity contribution >= 4 is 10.7 Å². The number of aromatic nitrogens is 1. The molecule has 1 rings (SSSR count). The third-order valence-corrected chi connectivity index (χ3v) is 1.66. The largest absolute Gasteiger partial charge is 0.257 e. The average Bonchev–Trinajstić information content (AvgIpc) is 1.93. The van der Waals surface area contributed by atoms with Gasteiger partial charge in [0.2, 0.25) is 0 Å². The summed E-state index contributed by atoms with van der Waals surface area (Å²) in [5, 5.41) is 0.